The molecule has 1 aliphatic heterocycles. The van der Waals surface area contributed by atoms with Crippen LogP contribution in [0.4, 0.5) is 0 Å². The van der Waals surface area contributed by atoms with Crippen molar-refractivity contribution in [2.75, 3.05) is 19.1 Å². The molecule has 0 saturated carbocycles. The van der Waals surface area contributed by atoms with Crippen LogP contribution in [0.5, 0.6) is 0 Å². The van der Waals surface area contributed by atoms with E-state index >= 15 is 0 Å². The molecule has 2 unspecified atom stereocenters. The fraction of sp³-hybridized carbons (Fsp3) is 0.562. The summed E-state index contributed by atoms with van der Waals surface area (Å²) in [4.78, 5) is 15.7. The Balaban J connectivity index is 2.24. The molecule has 1 heterocycles. The molecule has 0 aliphatic carbocycles. The van der Waals surface area contributed by atoms with Crippen molar-refractivity contribution < 1.29 is 4.79 Å². The molecule has 0 spiro atoms. The number of carbonyl (C=O) groups excluding carboxylic acids is 1. The van der Waals surface area contributed by atoms with Gasteiger partial charge in [0.2, 0.25) is 5.91 Å². The van der Waals surface area contributed by atoms with Gasteiger partial charge in [0.25, 0.3) is 0 Å². The molecular formula is C16H24N2OS2. The van der Waals surface area contributed by atoms with E-state index in [2.05, 4.69) is 55.9 Å². The summed E-state index contributed by atoms with van der Waals surface area (Å²) in [6, 6.07) is 8.36. The van der Waals surface area contributed by atoms with E-state index in [9.17, 15) is 4.79 Å². The van der Waals surface area contributed by atoms with Crippen LogP contribution in [0.2, 0.25) is 0 Å². The fourth-order valence-corrected chi connectivity index (χ4v) is 3.16. The molecule has 0 aromatic heterocycles. The van der Waals surface area contributed by atoms with Gasteiger partial charge in [-0.2, -0.15) is 11.8 Å². The lowest BCUT2D eigenvalue weighted by atomic mass is 10.1. The van der Waals surface area contributed by atoms with E-state index in [1.54, 1.807) is 23.5 Å². The van der Waals surface area contributed by atoms with E-state index in [-0.39, 0.29) is 22.9 Å². The highest BCUT2D eigenvalue weighted by atomic mass is 32.2. The van der Waals surface area contributed by atoms with Crippen molar-refractivity contribution in [2.45, 2.75) is 42.6 Å². The third kappa shape index (κ3) is 3.76. The summed E-state index contributed by atoms with van der Waals surface area (Å²) in [5, 5.41) is 3.41. The molecule has 1 fully saturated rings. The number of hydrogen-bond donors (Lipinski definition) is 1. The Kier molecular flexibility index (Phi) is 5.28. The molecule has 5 heteroatoms. The number of rotatable bonds is 5. The van der Waals surface area contributed by atoms with Gasteiger partial charge in [-0.3, -0.25) is 10.1 Å². The van der Waals surface area contributed by atoms with Gasteiger partial charge < -0.3 is 4.90 Å². The maximum atomic E-state index is 12.5. The maximum Gasteiger partial charge on any atom is 0.241 e. The van der Waals surface area contributed by atoms with Crippen LogP contribution in [0.25, 0.3) is 0 Å². The van der Waals surface area contributed by atoms with E-state index in [0.717, 1.165) is 12.1 Å². The number of nitrogens with one attached hydrogen (secondary N) is 1. The summed E-state index contributed by atoms with van der Waals surface area (Å²) in [5.74, 6) is 0.191. The Morgan fingerprint density at radius 1 is 1.24 bits per heavy atom. The first kappa shape index (κ1) is 16.7. The van der Waals surface area contributed by atoms with Gasteiger partial charge in [-0.1, -0.05) is 12.1 Å². The number of nitrogens with zero attached hydrogens (tertiary/aromatic N) is 1. The van der Waals surface area contributed by atoms with Crippen molar-refractivity contribution in [3.63, 3.8) is 0 Å². The average molecular weight is 325 g/mol. The van der Waals surface area contributed by atoms with Crippen LogP contribution in [0, 0.1) is 0 Å². The molecule has 116 valence electrons. The number of amides is 1. The lowest BCUT2D eigenvalue weighted by Crippen LogP contribution is -2.40. The lowest BCUT2D eigenvalue weighted by molar-refractivity contribution is -0.130. The number of benzene rings is 1. The predicted molar refractivity (Wildman–Crippen MR) is 92.9 cm³/mol. The first-order chi connectivity index (χ1) is 9.88. The van der Waals surface area contributed by atoms with Crippen LogP contribution in [0.15, 0.2) is 29.2 Å². The van der Waals surface area contributed by atoms with Crippen molar-refractivity contribution in [2.24, 2.45) is 0 Å². The van der Waals surface area contributed by atoms with Crippen molar-refractivity contribution in [3.05, 3.63) is 29.8 Å². The molecule has 21 heavy (non-hydrogen) atoms. The molecule has 1 amide bonds. The minimum atomic E-state index is -0.118. The normalized spacial score (nSPS) is 22.9. The number of hydrogen-bond acceptors (Lipinski definition) is 4. The Hall–Kier alpha value is -0.650. The maximum absolute atomic E-state index is 12.5. The molecule has 2 atom stereocenters. The third-order valence-electron chi connectivity index (χ3n) is 3.91. The first-order valence-electron chi connectivity index (χ1n) is 7.13. The highest BCUT2D eigenvalue weighted by molar-refractivity contribution is 8.00. The summed E-state index contributed by atoms with van der Waals surface area (Å²) in [7, 11) is 0. The quantitative estimate of drug-likeness (QED) is 0.842. The van der Waals surface area contributed by atoms with Gasteiger partial charge in [0.1, 0.15) is 6.17 Å². The first-order valence-corrected chi connectivity index (χ1v) is 9.58. The van der Waals surface area contributed by atoms with E-state index in [1.807, 2.05) is 11.8 Å². The van der Waals surface area contributed by atoms with Crippen molar-refractivity contribution in [1.82, 2.24) is 10.2 Å². The van der Waals surface area contributed by atoms with Gasteiger partial charge >= 0.3 is 0 Å². The zero-order valence-electron chi connectivity index (χ0n) is 13.3. The van der Waals surface area contributed by atoms with Crippen LogP contribution in [0.3, 0.4) is 0 Å². The zero-order chi connectivity index (χ0) is 15.6. The monoisotopic (exact) mass is 324 g/mol. The number of thioether (sulfide) groups is 2. The summed E-state index contributed by atoms with van der Waals surface area (Å²) in [5.41, 5.74) is 1.16. The van der Waals surface area contributed by atoms with Crippen molar-refractivity contribution >= 4 is 29.4 Å². The van der Waals surface area contributed by atoms with E-state index in [0.29, 0.717) is 0 Å². The second kappa shape index (κ2) is 6.63. The Bertz CT molecular complexity index is 502. The molecule has 1 aliphatic rings. The largest absolute Gasteiger partial charge is 0.320 e. The summed E-state index contributed by atoms with van der Waals surface area (Å²) in [6.45, 7) is 7.06. The zero-order valence-corrected chi connectivity index (χ0v) is 15.0. The predicted octanol–water partition coefficient (Wildman–Crippen LogP) is 3.37. The molecule has 2 rings (SSSR count). The molecule has 3 nitrogen and oxygen atoms in total. The van der Waals surface area contributed by atoms with Crippen LogP contribution >= 0.6 is 23.5 Å². The molecule has 1 saturated heterocycles. The fourth-order valence-electron chi connectivity index (χ4n) is 2.48. The molecule has 1 aromatic rings. The van der Waals surface area contributed by atoms with Gasteiger partial charge in [0, 0.05) is 16.2 Å². The smallest absolute Gasteiger partial charge is 0.241 e. The average Bonchev–Trinajstić information content (AvgIpc) is 2.75. The Morgan fingerprint density at radius 2 is 1.86 bits per heavy atom. The molecule has 1 aromatic carbocycles. The lowest BCUT2D eigenvalue weighted by Gasteiger charge is -2.32. The van der Waals surface area contributed by atoms with Crippen molar-refractivity contribution in [3.8, 4) is 0 Å². The summed E-state index contributed by atoms with van der Waals surface area (Å²) >= 11 is 3.53. The summed E-state index contributed by atoms with van der Waals surface area (Å²) in [6.07, 6.45) is 4.15. The van der Waals surface area contributed by atoms with Crippen molar-refractivity contribution in [1.29, 1.82) is 0 Å². The minimum Gasteiger partial charge on any atom is -0.320 e. The molecule has 1 N–H and O–H groups in total. The molecule has 0 radical (unpaired) electrons. The minimum absolute atomic E-state index is 0.0187. The Labute approximate surface area is 136 Å². The second-order valence-corrected chi connectivity index (χ2v) is 8.39. The van der Waals surface area contributed by atoms with Crippen LogP contribution in [-0.2, 0) is 4.79 Å². The molecular weight excluding hydrogens is 300 g/mol. The van der Waals surface area contributed by atoms with Crippen LogP contribution in [0.1, 0.15) is 32.5 Å². The van der Waals surface area contributed by atoms with Crippen LogP contribution < -0.4 is 5.32 Å². The highest BCUT2D eigenvalue weighted by Crippen LogP contribution is 2.31. The standard InChI is InChI=1S/C16H24N2OS2/c1-11-15(19)18(10-16(2,3)21-5)14(17-11)12-6-8-13(20-4)9-7-12/h6-9,11,14,17H,10H2,1-5H3. The van der Waals surface area contributed by atoms with Gasteiger partial charge in [-0.15, -0.1) is 11.8 Å². The topological polar surface area (TPSA) is 32.3 Å². The highest BCUT2D eigenvalue weighted by Gasteiger charge is 2.39. The van der Waals surface area contributed by atoms with E-state index in [1.165, 1.54) is 4.90 Å². The second-order valence-electron chi connectivity index (χ2n) is 5.99. The summed E-state index contributed by atoms with van der Waals surface area (Å²) < 4.78 is 0.0544. The van der Waals surface area contributed by atoms with E-state index < -0.39 is 0 Å². The van der Waals surface area contributed by atoms with E-state index in [4.69, 9.17) is 0 Å². The van der Waals surface area contributed by atoms with Gasteiger partial charge in [-0.25, -0.2) is 0 Å². The van der Waals surface area contributed by atoms with Gasteiger partial charge in [0.15, 0.2) is 0 Å². The SMILES string of the molecule is CSc1ccc(C2NC(C)C(=O)N2CC(C)(C)SC)cc1. The van der Waals surface area contributed by atoms with Gasteiger partial charge in [-0.05, 0) is 51.0 Å². The van der Waals surface area contributed by atoms with Gasteiger partial charge in [0.05, 0.1) is 6.04 Å². The third-order valence-corrected chi connectivity index (χ3v) is 5.89. The van der Waals surface area contributed by atoms with Crippen LogP contribution in [-0.4, -0.2) is 40.7 Å². The Morgan fingerprint density at radius 3 is 2.38 bits per heavy atom. The number of carbonyl (C=O) groups is 1. The molecule has 0 bridgehead atoms.